The van der Waals surface area contributed by atoms with Crippen molar-refractivity contribution in [3.8, 4) is 6.07 Å². The van der Waals surface area contributed by atoms with Gasteiger partial charge in [0.05, 0.1) is 5.56 Å². The Morgan fingerprint density at radius 1 is 1.47 bits per heavy atom. The minimum absolute atomic E-state index is 0.571. The molecule has 0 aliphatic heterocycles. The number of nitriles is 1. The van der Waals surface area contributed by atoms with E-state index in [0.717, 1.165) is 23.5 Å². The summed E-state index contributed by atoms with van der Waals surface area (Å²) in [6, 6.07) is 4.78. The summed E-state index contributed by atoms with van der Waals surface area (Å²) in [5, 5.41) is 9.27. The maximum Gasteiger partial charge on any atom is 0.146 e. The first-order valence-corrected chi connectivity index (χ1v) is 6.40. The molecule has 0 saturated heterocycles. The van der Waals surface area contributed by atoms with Crippen LogP contribution in [-0.4, -0.2) is 17.6 Å². The third kappa shape index (κ3) is 2.26. The molecule has 1 aliphatic carbocycles. The standard InChI is InChI=1S/C14H19N3/c1-3-17(12-6-4-5-7-12)14-13(10-15)11(2)8-9-16-14/h8-9,12H,3-7H2,1-2H3. The Kier molecular flexibility index (Phi) is 3.63. The van der Waals surface area contributed by atoms with Gasteiger partial charge in [-0.3, -0.25) is 0 Å². The Morgan fingerprint density at radius 2 is 2.18 bits per heavy atom. The van der Waals surface area contributed by atoms with Crippen LogP contribution in [0.3, 0.4) is 0 Å². The molecule has 3 nitrogen and oxygen atoms in total. The van der Waals surface area contributed by atoms with Crippen LogP contribution in [0.4, 0.5) is 5.82 Å². The lowest BCUT2D eigenvalue weighted by Crippen LogP contribution is -2.34. The van der Waals surface area contributed by atoms with Gasteiger partial charge >= 0.3 is 0 Å². The van der Waals surface area contributed by atoms with Crippen molar-refractivity contribution in [2.75, 3.05) is 11.4 Å². The number of aromatic nitrogens is 1. The van der Waals surface area contributed by atoms with Crippen molar-refractivity contribution in [3.05, 3.63) is 23.4 Å². The van der Waals surface area contributed by atoms with Crippen molar-refractivity contribution >= 4 is 5.82 Å². The van der Waals surface area contributed by atoms with Crippen LogP contribution >= 0.6 is 0 Å². The highest BCUT2D eigenvalue weighted by atomic mass is 15.2. The summed E-state index contributed by atoms with van der Waals surface area (Å²) in [5.74, 6) is 0.877. The molecule has 0 bridgehead atoms. The van der Waals surface area contributed by atoms with Crippen molar-refractivity contribution in [1.29, 1.82) is 5.26 Å². The molecule has 2 rings (SSSR count). The lowest BCUT2D eigenvalue weighted by molar-refractivity contribution is 0.612. The molecule has 3 heteroatoms. The van der Waals surface area contributed by atoms with Crippen LogP contribution in [-0.2, 0) is 0 Å². The van der Waals surface area contributed by atoms with Gasteiger partial charge in [0, 0.05) is 18.8 Å². The fourth-order valence-electron chi connectivity index (χ4n) is 2.70. The predicted octanol–water partition coefficient (Wildman–Crippen LogP) is 3.03. The number of nitrogens with zero attached hydrogens (tertiary/aromatic N) is 3. The molecule has 1 aliphatic rings. The second kappa shape index (κ2) is 5.18. The summed E-state index contributed by atoms with van der Waals surface area (Å²) in [5.41, 5.74) is 1.76. The monoisotopic (exact) mass is 229 g/mol. The van der Waals surface area contributed by atoms with E-state index in [1.807, 2.05) is 19.2 Å². The zero-order valence-corrected chi connectivity index (χ0v) is 10.6. The van der Waals surface area contributed by atoms with Gasteiger partial charge in [0.2, 0.25) is 0 Å². The Balaban J connectivity index is 2.37. The third-order valence-electron chi connectivity index (χ3n) is 3.63. The van der Waals surface area contributed by atoms with Crippen LogP contribution in [0.1, 0.15) is 43.7 Å². The predicted molar refractivity (Wildman–Crippen MR) is 69.0 cm³/mol. The molecule has 1 heterocycles. The van der Waals surface area contributed by atoms with Crippen LogP contribution in [0.15, 0.2) is 12.3 Å². The molecule has 17 heavy (non-hydrogen) atoms. The van der Waals surface area contributed by atoms with Gasteiger partial charge in [-0.2, -0.15) is 5.26 Å². The SMILES string of the molecule is CCN(c1nccc(C)c1C#N)C1CCCC1. The molecular weight excluding hydrogens is 210 g/mol. The number of anilines is 1. The lowest BCUT2D eigenvalue weighted by atomic mass is 10.1. The van der Waals surface area contributed by atoms with E-state index in [-0.39, 0.29) is 0 Å². The van der Waals surface area contributed by atoms with Gasteiger partial charge in [0.25, 0.3) is 0 Å². The van der Waals surface area contributed by atoms with Gasteiger partial charge in [-0.15, -0.1) is 0 Å². The van der Waals surface area contributed by atoms with Crippen LogP contribution in [0.5, 0.6) is 0 Å². The molecular formula is C14H19N3. The van der Waals surface area contributed by atoms with Crippen molar-refractivity contribution in [1.82, 2.24) is 4.98 Å². The number of hydrogen-bond donors (Lipinski definition) is 0. The molecule has 1 saturated carbocycles. The number of pyridine rings is 1. The topological polar surface area (TPSA) is 39.9 Å². The second-order valence-electron chi connectivity index (χ2n) is 4.66. The van der Waals surface area contributed by atoms with Crippen LogP contribution in [0, 0.1) is 18.3 Å². The van der Waals surface area contributed by atoms with E-state index >= 15 is 0 Å². The maximum absolute atomic E-state index is 9.27. The first-order valence-electron chi connectivity index (χ1n) is 6.40. The summed E-state index contributed by atoms with van der Waals surface area (Å²) in [6.07, 6.45) is 6.87. The van der Waals surface area contributed by atoms with Crippen molar-refractivity contribution in [2.24, 2.45) is 0 Å². The van der Waals surface area contributed by atoms with E-state index in [9.17, 15) is 5.26 Å². The molecule has 1 aromatic rings. The van der Waals surface area contributed by atoms with Gasteiger partial charge in [-0.25, -0.2) is 4.98 Å². The van der Waals surface area contributed by atoms with Crippen molar-refractivity contribution in [3.63, 3.8) is 0 Å². The minimum atomic E-state index is 0.571. The molecule has 90 valence electrons. The number of rotatable bonds is 3. The Bertz CT molecular complexity index is 428. The molecule has 1 fully saturated rings. The second-order valence-corrected chi connectivity index (χ2v) is 4.66. The van der Waals surface area contributed by atoms with Gasteiger partial charge in [0.1, 0.15) is 11.9 Å². The summed E-state index contributed by atoms with van der Waals surface area (Å²) < 4.78 is 0. The molecule has 0 amide bonds. The maximum atomic E-state index is 9.27. The van der Waals surface area contributed by atoms with E-state index in [2.05, 4.69) is 22.9 Å². The molecule has 1 aromatic heterocycles. The minimum Gasteiger partial charge on any atom is -0.353 e. The Hall–Kier alpha value is -1.56. The van der Waals surface area contributed by atoms with Gasteiger partial charge < -0.3 is 4.90 Å². The molecule has 0 atom stereocenters. The smallest absolute Gasteiger partial charge is 0.146 e. The quantitative estimate of drug-likeness (QED) is 0.799. The van der Waals surface area contributed by atoms with E-state index < -0.39 is 0 Å². The first-order chi connectivity index (χ1) is 8.27. The largest absolute Gasteiger partial charge is 0.353 e. The first kappa shape index (κ1) is 11.9. The highest BCUT2D eigenvalue weighted by Gasteiger charge is 2.24. The van der Waals surface area contributed by atoms with E-state index in [1.54, 1.807) is 0 Å². The van der Waals surface area contributed by atoms with Gasteiger partial charge in [0.15, 0.2) is 0 Å². The highest BCUT2D eigenvalue weighted by Crippen LogP contribution is 2.29. The van der Waals surface area contributed by atoms with E-state index in [0.29, 0.717) is 6.04 Å². The van der Waals surface area contributed by atoms with Crippen molar-refractivity contribution < 1.29 is 0 Å². The summed E-state index contributed by atoms with van der Waals surface area (Å²) >= 11 is 0. The zero-order chi connectivity index (χ0) is 12.3. The number of aryl methyl sites for hydroxylation is 1. The Labute approximate surface area is 103 Å². The third-order valence-corrected chi connectivity index (χ3v) is 3.63. The Morgan fingerprint density at radius 3 is 2.76 bits per heavy atom. The average Bonchev–Trinajstić information content (AvgIpc) is 2.84. The molecule has 0 unspecified atom stereocenters. The molecule has 0 spiro atoms. The normalized spacial score (nSPS) is 15.8. The van der Waals surface area contributed by atoms with Crippen LogP contribution < -0.4 is 4.90 Å². The summed E-state index contributed by atoms with van der Waals surface area (Å²) in [4.78, 5) is 6.73. The fourth-order valence-corrected chi connectivity index (χ4v) is 2.70. The highest BCUT2D eigenvalue weighted by molar-refractivity contribution is 5.57. The van der Waals surface area contributed by atoms with Crippen molar-refractivity contribution in [2.45, 2.75) is 45.6 Å². The van der Waals surface area contributed by atoms with E-state index in [1.165, 1.54) is 25.7 Å². The summed E-state index contributed by atoms with van der Waals surface area (Å²) in [6.45, 7) is 5.05. The lowest BCUT2D eigenvalue weighted by Gasteiger charge is -2.29. The molecule has 0 radical (unpaired) electrons. The zero-order valence-electron chi connectivity index (χ0n) is 10.6. The average molecular weight is 229 g/mol. The molecule has 0 N–H and O–H groups in total. The van der Waals surface area contributed by atoms with E-state index in [4.69, 9.17) is 0 Å². The fraction of sp³-hybridized carbons (Fsp3) is 0.571. The summed E-state index contributed by atoms with van der Waals surface area (Å²) in [7, 11) is 0. The van der Waals surface area contributed by atoms with Crippen LogP contribution in [0.2, 0.25) is 0 Å². The van der Waals surface area contributed by atoms with Gasteiger partial charge in [-0.05, 0) is 38.3 Å². The van der Waals surface area contributed by atoms with Crippen LogP contribution in [0.25, 0.3) is 0 Å². The number of hydrogen-bond acceptors (Lipinski definition) is 3. The van der Waals surface area contributed by atoms with Gasteiger partial charge in [-0.1, -0.05) is 12.8 Å². The molecule has 0 aromatic carbocycles.